The maximum atomic E-state index is 11.8. The number of pyridine rings is 1. The van der Waals surface area contributed by atoms with E-state index in [0.29, 0.717) is 29.0 Å². The zero-order valence-corrected chi connectivity index (χ0v) is 20.2. The number of fused-ring (bicyclic) bond motifs is 1. The zero-order valence-electron chi connectivity index (χ0n) is 19.4. The van der Waals surface area contributed by atoms with Gasteiger partial charge < -0.3 is 15.0 Å². The first-order valence-corrected chi connectivity index (χ1v) is 12.4. The van der Waals surface area contributed by atoms with E-state index in [2.05, 4.69) is 37.6 Å². The number of amides is 2. The summed E-state index contributed by atoms with van der Waals surface area (Å²) in [5.74, 6) is 1.62. The molecule has 0 atom stereocenters. The molecule has 35 heavy (non-hydrogen) atoms. The molecule has 180 valence electrons. The molecular formula is C25H26N6O3S. The number of aromatic nitrogens is 3. The number of thioether (sulfide) groups is 1. The van der Waals surface area contributed by atoms with Crippen molar-refractivity contribution in [1.82, 2.24) is 25.6 Å². The molecule has 2 aromatic heterocycles. The van der Waals surface area contributed by atoms with Gasteiger partial charge in [0.25, 0.3) is 11.1 Å². The molecule has 0 radical (unpaired) electrons. The molecule has 0 unspecified atom stereocenters. The Hall–Kier alpha value is -3.50. The van der Waals surface area contributed by atoms with Crippen molar-refractivity contribution in [3.05, 3.63) is 58.9 Å². The van der Waals surface area contributed by atoms with Crippen LogP contribution in [0.4, 0.5) is 10.7 Å². The summed E-state index contributed by atoms with van der Waals surface area (Å²) in [5, 5.41) is 6.53. The Morgan fingerprint density at radius 1 is 1.17 bits per heavy atom. The summed E-state index contributed by atoms with van der Waals surface area (Å²) in [6.45, 7) is 3.37. The Morgan fingerprint density at radius 2 is 2.03 bits per heavy atom. The Labute approximate surface area is 207 Å². The number of nitrogens with zero attached hydrogens (tertiary/aromatic N) is 4. The topological polar surface area (TPSA) is 109 Å². The fourth-order valence-electron chi connectivity index (χ4n) is 4.31. The van der Waals surface area contributed by atoms with E-state index in [1.165, 1.54) is 0 Å². The van der Waals surface area contributed by atoms with Crippen LogP contribution >= 0.6 is 11.8 Å². The van der Waals surface area contributed by atoms with Crippen molar-refractivity contribution >= 4 is 45.8 Å². The first-order chi connectivity index (χ1) is 17.1. The third-order valence-corrected chi connectivity index (χ3v) is 6.99. The number of imide groups is 1. The minimum Gasteiger partial charge on any atom is -0.494 e. The summed E-state index contributed by atoms with van der Waals surface area (Å²) in [6, 6.07) is 11.8. The van der Waals surface area contributed by atoms with Crippen LogP contribution in [0.25, 0.3) is 17.0 Å². The molecule has 2 N–H and O–H groups in total. The lowest BCUT2D eigenvalue weighted by molar-refractivity contribution is -0.115. The van der Waals surface area contributed by atoms with E-state index in [9.17, 15) is 9.59 Å². The van der Waals surface area contributed by atoms with Crippen LogP contribution < -0.4 is 20.3 Å². The zero-order chi connectivity index (χ0) is 24.2. The smallest absolute Gasteiger partial charge is 0.290 e. The van der Waals surface area contributed by atoms with Gasteiger partial charge in [-0.1, -0.05) is 18.2 Å². The molecule has 5 rings (SSSR count). The molecule has 0 aliphatic carbocycles. The molecule has 2 saturated heterocycles. The summed E-state index contributed by atoms with van der Waals surface area (Å²) >= 11 is 0.888. The van der Waals surface area contributed by atoms with Crippen molar-refractivity contribution in [2.75, 3.05) is 31.6 Å². The van der Waals surface area contributed by atoms with Gasteiger partial charge >= 0.3 is 0 Å². The monoisotopic (exact) mass is 490 g/mol. The van der Waals surface area contributed by atoms with Crippen LogP contribution in [0.3, 0.4) is 0 Å². The van der Waals surface area contributed by atoms with Crippen molar-refractivity contribution in [3.8, 4) is 5.75 Å². The van der Waals surface area contributed by atoms with Crippen LogP contribution in [-0.4, -0.2) is 52.8 Å². The first kappa shape index (κ1) is 23.3. The van der Waals surface area contributed by atoms with Crippen molar-refractivity contribution in [1.29, 1.82) is 0 Å². The highest BCUT2D eigenvalue weighted by atomic mass is 32.2. The Bertz CT molecular complexity index is 1290. The number of hydrogen-bond acceptors (Lipinski definition) is 9. The van der Waals surface area contributed by atoms with Gasteiger partial charge in [-0.2, -0.15) is 0 Å². The van der Waals surface area contributed by atoms with Gasteiger partial charge in [0.15, 0.2) is 0 Å². The first-order valence-electron chi connectivity index (χ1n) is 11.6. The van der Waals surface area contributed by atoms with Gasteiger partial charge in [0, 0.05) is 31.2 Å². The van der Waals surface area contributed by atoms with E-state index in [1.54, 1.807) is 25.4 Å². The van der Waals surface area contributed by atoms with E-state index in [-0.39, 0.29) is 11.1 Å². The fraction of sp³-hybridized carbons (Fsp3) is 0.320. The van der Waals surface area contributed by atoms with Gasteiger partial charge in [-0.15, -0.1) is 0 Å². The number of ether oxygens (including phenoxy) is 1. The fourth-order valence-corrected chi connectivity index (χ4v) is 4.98. The lowest BCUT2D eigenvalue weighted by Gasteiger charge is -2.32. The maximum Gasteiger partial charge on any atom is 0.290 e. The Kier molecular flexibility index (Phi) is 6.91. The predicted molar refractivity (Wildman–Crippen MR) is 136 cm³/mol. The summed E-state index contributed by atoms with van der Waals surface area (Å²) in [7, 11) is 1.67. The van der Waals surface area contributed by atoms with Gasteiger partial charge in [0.05, 0.1) is 23.4 Å². The van der Waals surface area contributed by atoms with E-state index in [1.807, 2.05) is 18.2 Å². The Morgan fingerprint density at radius 3 is 2.80 bits per heavy atom. The lowest BCUT2D eigenvalue weighted by Crippen LogP contribution is -2.38. The summed E-state index contributed by atoms with van der Waals surface area (Å²) in [5.41, 5.74) is 2.50. The van der Waals surface area contributed by atoms with Crippen molar-refractivity contribution in [2.45, 2.75) is 19.4 Å². The largest absolute Gasteiger partial charge is 0.494 e. The molecule has 0 saturated carbocycles. The van der Waals surface area contributed by atoms with Crippen LogP contribution in [-0.2, 0) is 11.3 Å². The molecular weight excluding hydrogens is 464 g/mol. The minimum absolute atomic E-state index is 0.351. The highest BCUT2D eigenvalue weighted by molar-refractivity contribution is 8.18. The number of carbonyl (C=O) groups is 2. The van der Waals surface area contributed by atoms with Gasteiger partial charge in [-0.3, -0.25) is 14.9 Å². The lowest BCUT2D eigenvalue weighted by atomic mass is 9.97. The van der Waals surface area contributed by atoms with Crippen molar-refractivity contribution in [3.63, 3.8) is 0 Å². The average Bonchev–Trinajstić information content (AvgIpc) is 3.20. The van der Waals surface area contributed by atoms with E-state index in [0.717, 1.165) is 66.6 Å². The van der Waals surface area contributed by atoms with Crippen LogP contribution in [0.5, 0.6) is 5.75 Å². The highest BCUT2D eigenvalue weighted by Gasteiger charge is 2.25. The van der Waals surface area contributed by atoms with E-state index >= 15 is 0 Å². The van der Waals surface area contributed by atoms with E-state index < -0.39 is 0 Å². The predicted octanol–water partition coefficient (Wildman–Crippen LogP) is 3.36. The van der Waals surface area contributed by atoms with Gasteiger partial charge in [-0.05, 0) is 61.3 Å². The second-order valence-corrected chi connectivity index (χ2v) is 9.54. The summed E-state index contributed by atoms with van der Waals surface area (Å²) < 4.78 is 5.44. The number of nitrogens with one attached hydrogen (secondary N) is 2. The highest BCUT2D eigenvalue weighted by Crippen LogP contribution is 2.26. The molecule has 1 aromatic carbocycles. The third-order valence-electron chi connectivity index (χ3n) is 6.18. The molecule has 4 heterocycles. The van der Waals surface area contributed by atoms with Gasteiger partial charge in [0.1, 0.15) is 11.3 Å². The average molecular weight is 491 g/mol. The maximum absolute atomic E-state index is 11.8. The minimum atomic E-state index is -0.383. The quantitative estimate of drug-likeness (QED) is 0.482. The molecule has 2 amide bonds. The molecule has 2 fully saturated rings. The number of para-hydroxylation sites is 1. The second-order valence-electron chi connectivity index (χ2n) is 8.53. The van der Waals surface area contributed by atoms with E-state index in [4.69, 9.17) is 9.72 Å². The molecule has 2 aliphatic heterocycles. The molecule has 0 spiro atoms. The molecule has 9 nitrogen and oxygen atoms in total. The number of hydrogen-bond donors (Lipinski definition) is 2. The standard InChI is InChI=1S/C25H26N6O3S/c1-34-20-4-2-3-17-5-6-19(28-22(17)20)15-26-14-16-8-11-31(12-9-16)24-27-10-7-18(29-24)13-21-23(32)30-25(33)35-21/h2-7,10,13,16,26H,8-9,11-12,14-15H2,1H3,(H,30,32,33)/b21-13-. The summed E-state index contributed by atoms with van der Waals surface area (Å²) in [4.78, 5) is 39.4. The summed E-state index contributed by atoms with van der Waals surface area (Å²) in [6.07, 6.45) is 5.39. The van der Waals surface area contributed by atoms with Crippen molar-refractivity contribution in [2.24, 2.45) is 5.92 Å². The third kappa shape index (κ3) is 5.44. The van der Waals surface area contributed by atoms with Crippen LogP contribution in [0.2, 0.25) is 0 Å². The Balaban J connectivity index is 1.13. The molecule has 0 bridgehead atoms. The molecule has 3 aromatic rings. The molecule has 10 heteroatoms. The van der Waals surface area contributed by atoms with Crippen LogP contribution in [0.1, 0.15) is 24.2 Å². The van der Waals surface area contributed by atoms with Crippen molar-refractivity contribution < 1.29 is 14.3 Å². The number of methoxy groups -OCH3 is 1. The van der Waals surface area contributed by atoms with Gasteiger partial charge in [0.2, 0.25) is 5.95 Å². The van der Waals surface area contributed by atoms with Crippen LogP contribution in [0, 0.1) is 5.92 Å². The number of anilines is 1. The number of piperidine rings is 1. The molecule has 2 aliphatic rings. The van der Waals surface area contributed by atoms with Crippen LogP contribution in [0.15, 0.2) is 47.5 Å². The number of rotatable bonds is 7. The second kappa shape index (κ2) is 10.4. The van der Waals surface area contributed by atoms with Gasteiger partial charge in [-0.25, -0.2) is 15.0 Å². The number of benzene rings is 1. The number of carbonyl (C=O) groups excluding carboxylic acids is 2. The SMILES string of the molecule is COc1cccc2ccc(CNCC3CCN(c4nccc(/C=C5\SC(=O)NC5=O)n4)CC3)nc12. The normalized spacial score (nSPS) is 17.9.